The van der Waals surface area contributed by atoms with Gasteiger partial charge >= 0.3 is 0 Å². The fourth-order valence-electron chi connectivity index (χ4n) is 0.523. The van der Waals surface area contributed by atoms with Crippen LogP contribution in [0.1, 0.15) is 10.5 Å². The van der Waals surface area contributed by atoms with Crippen LogP contribution in [0.15, 0.2) is 18.6 Å². The van der Waals surface area contributed by atoms with E-state index in [1.54, 1.807) is 18.6 Å². The predicted octanol–water partition coefficient (Wildman–Crippen LogP) is 1.11. The molecule has 0 spiro atoms. The van der Waals surface area contributed by atoms with Gasteiger partial charge in [-0.3, -0.25) is 9.97 Å². The Morgan fingerprint density at radius 3 is 2.90 bits per heavy atom. The largest absolute Gasteiger partial charge is 0.302 e. The molecular weight excluding hydrogens is 196 g/mol. The van der Waals surface area contributed by atoms with Crippen molar-refractivity contribution < 1.29 is 4.79 Å². The first-order valence-electron chi connectivity index (χ1n) is 2.70. The highest BCUT2D eigenvalue weighted by Gasteiger charge is 2.04. The fraction of sp³-hybridized carbons (Fsp3) is 0.167. The van der Waals surface area contributed by atoms with Gasteiger partial charge < -0.3 is 4.79 Å². The quantitative estimate of drug-likeness (QED) is 0.531. The molecule has 1 atom stereocenters. The van der Waals surface area contributed by atoms with E-state index in [1.165, 1.54) is 0 Å². The molecule has 1 rings (SSSR count). The summed E-state index contributed by atoms with van der Waals surface area (Å²) in [5.74, 6) is 0. The summed E-state index contributed by atoms with van der Waals surface area (Å²) in [5, 5.41) is 0. The van der Waals surface area contributed by atoms with Crippen LogP contribution < -0.4 is 0 Å². The Bertz CT molecular complexity index is 214. The molecule has 1 unspecified atom stereocenters. The monoisotopic (exact) mass is 200 g/mol. The number of aromatic nitrogens is 2. The summed E-state index contributed by atoms with van der Waals surface area (Å²) in [4.78, 5) is 17.6. The maximum Gasteiger partial charge on any atom is 0.139 e. The molecule has 0 fully saturated rings. The standard InChI is InChI=1S/C6H5BrN2O/c7-5(4-10)6-3-8-1-2-9-6/h1-5H. The van der Waals surface area contributed by atoms with Crippen molar-refractivity contribution in [2.24, 2.45) is 0 Å². The Kier molecular flexibility index (Phi) is 2.50. The highest BCUT2D eigenvalue weighted by atomic mass is 79.9. The summed E-state index contributed by atoms with van der Waals surface area (Å²) in [6.07, 6.45) is 5.43. The zero-order valence-corrected chi connectivity index (χ0v) is 6.65. The maximum absolute atomic E-state index is 10.2. The van der Waals surface area contributed by atoms with Gasteiger partial charge in [0, 0.05) is 18.6 Å². The molecule has 0 N–H and O–H groups in total. The molecule has 10 heavy (non-hydrogen) atoms. The van der Waals surface area contributed by atoms with Crippen LogP contribution >= 0.6 is 15.9 Å². The van der Waals surface area contributed by atoms with Crippen molar-refractivity contribution in [3.8, 4) is 0 Å². The lowest BCUT2D eigenvalue weighted by Gasteiger charge is -1.96. The third kappa shape index (κ3) is 1.60. The second-order valence-corrected chi connectivity index (χ2v) is 2.65. The molecule has 0 aliphatic rings. The Labute approximate surface area is 66.6 Å². The van der Waals surface area contributed by atoms with E-state index in [2.05, 4.69) is 25.9 Å². The minimum absolute atomic E-state index is 0.332. The normalized spacial score (nSPS) is 12.5. The van der Waals surface area contributed by atoms with Crippen LogP contribution in [0, 0.1) is 0 Å². The van der Waals surface area contributed by atoms with Crippen molar-refractivity contribution in [1.29, 1.82) is 0 Å². The van der Waals surface area contributed by atoms with Gasteiger partial charge in [0.05, 0.1) is 5.69 Å². The van der Waals surface area contributed by atoms with E-state index in [4.69, 9.17) is 0 Å². The van der Waals surface area contributed by atoms with E-state index in [9.17, 15) is 4.79 Å². The zero-order chi connectivity index (χ0) is 7.40. The molecule has 0 aliphatic carbocycles. The number of halogens is 1. The summed E-state index contributed by atoms with van der Waals surface area (Å²) < 4.78 is 0. The van der Waals surface area contributed by atoms with E-state index >= 15 is 0 Å². The van der Waals surface area contributed by atoms with Crippen molar-refractivity contribution in [3.05, 3.63) is 24.3 Å². The maximum atomic E-state index is 10.2. The second kappa shape index (κ2) is 3.41. The highest BCUT2D eigenvalue weighted by molar-refractivity contribution is 9.09. The van der Waals surface area contributed by atoms with Crippen molar-refractivity contribution in [2.45, 2.75) is 4.83 Å². The van der Waals surface area contributed by atoms with Crippen LogP contribution in [0.5, 0.6) is 0 Å². The fourth-order valence-corrected chi connectivity index (χ4v) is 0.759. The average Bonchev–Trinajstić information content (AvgIpc) is 2.05. The molecule has 0 saturated heterocycles. The molecule has 0 amide bonds. The average molecular weight is 201 g/mol. The van der Waals surface area contributed by atoms with Gasteiger partial charge in [-0.25, -0.2) is 0 Å². The number of carbonyl (C=O) groups excluding carboxylic acids is 1. The Balaban J connectivity index is 2.84. The molecular formula is C6H5BrN2O. The summed E-state index contributed by atoms with van der Waals surface area (Å²) >= 11 is 3.11. The minimum atomic E-state index is -0.332. The van der Waals surface area contributed by atoms with E-state index < -0.39 is 0 Å². The zero-order valence-electron chi connectivity index (χ0n) is 5.07. The van der Waals surface area contributed by atoms with Gasteiger partial charge in [0.1, 0.15) is 11.1 Å². The number of hydrogen-bond donors (Lipinski definition) is 0. The third-order valence-corrected chi connectivity index (χ3v) is 1.67. The van der Waals surface area contributed by atoms with Crippen LogP contribution in [-0.4, -0.2) is 16.3 Å². The van der Waals surface area contributed by atoms with Crippen molar-refractivity contribution >= 4 is 22.2 Å². The number of hydrogen-bond acceptors (Lipinski definition) is 3. The molecule has 0 aromatic carbocycles. The first kappa shape index (κ1) is 7.34. The molecule has 4 heteroatoms. The van der Waals surface area contributed by atoms with E-state index in [1.807, 2.05) is 0 Å². The number of rotatable bonds is 2. The van der Waals surface area contributed by atoms with E-state index in [-0.39, 0.29) is 4.83 Å². The number of carbonyl (C=O) groups is 1. The molecule has 0 bridgehead atoms. The molecule has 0 radical (unpaired) electrons. The number of aldehydes is 1. The van der Waals surface area contributed by atoms with Gasteiger partial charge in [-0.1, -0.05) is 15.9 Å². The van der Waals surface area contributed by atoms with Gasteiger partial charge in [0.25, 0.3) is 0 Å². The Hall–Kier alpha value is -0.770. The van der Waals surface area contributed by atoms with Gasteiger partial charge in [0.15, 0.2) is 0 Å². The number of alkyl halides is 1. The SMILES string of the molecule is O=CC(Br)c1cnccn1. The summed E-state index contributed by atoms with van der Waals surface area (Å²) in [6.45, 7) is 0. The molecule has 0 saturated carbocycles. The molecule has 1 aromatic rings. The molecule has 3 nitrogen and oxygen atoms in total. The van der Waals surface area contributed by atoms with Gasteiger partial charge in [0.2, 0.25) is 0 Å². The lowest BCUT2D eigenvalue weighted by Crippen LogP contribution is -1.94. The molecule has 52 valence electrons. The van der Waals surface area contributed by atoms with Crippen molar-refractivity contribution in [1.82, 2.24) is 9.97 Å². The van der Waals surface area contributed by atoms with Gasteiger partial charge in [-0.2, -0.15) is 0 Å². The highest BCUT2D eigenvalue weighted by Crippen LogP contribution is 2.15. The predicted molar refractivity (Wildman–Crippen MR) is 39.8 cm³/mol. The van der Waals surface area contributed by atoms with Crippen LogP contribution in [0.4, 0.5) is 0 Å². The van der Waals surface area contributed by atoms with Crippen LogP contribution in [0.2, 0.25) is 0 Å². The van der Waals surface area contributed by atoms with Crippen molar-refractivity contribution in [3.63, 3.8) is 0 Å². The molecule has 1 aromatic heterocycles. The summed E-state index contributed by atoms with van der Waals surface area (Å²) in [6, 6.07) is 0. The third-order valence-electron chi connectivity index (χ3n) is 0.985. The summed E-state index contributed by atoms with van der Waals surface area (Å²) in [5.41, 5.74) is 0.637. The lowest BCUT2D eigenvalue weighted by molar-refractivity contribution is -0.107. The van der Waals surface area contributed by atoms with Crippen LogP contribution in [0.3, 0.4) is 0 Å². The lowest BCUT2D eigenvalue weighted by atomic mass is 10.3. The summed E-state index contributed by atoms with van der Waals surface area (Å²) in [7, 11) is 0. The second-order valence-electron chi connectivity index (χ2n) is 1.67. The van der Waals surface area contributed by atoms with Gasteiger partial charge in [-0.05, 0) is 0 Å². The van der Waals surface area contributed by atoms with E-state index in [0.717, 1.165) is 6.29 Å². The topological polar surface area (TPSA) is 42.9 Å². The Morgan fingerprint density at radius 1 is 1.60 bits per heavy atom. The smallest absolute Gasteiger partial charge is 0.139 e. The molecule has 0 aliphatic heterocycles. The number of nitrogens with zero attached hydrogens (tertiary/aromatic N) is 2. The van der Waals surface area contributed by atoms with E-state index in [0.29, 0.717) is 5.69 Å². The first-order chi connectivity index (χ1) is 4.84. The van der Waals surface area contributed by atoms with Crippen LogP contribution in [0.25, 0.3) is 0 Å². The van der Waals surface area contributed by atoms with Crippen LogP contribution in [-0.2, 0) is 4.79 Å². The molecule has 1 heterocycles. The Morgan fingerprint density at radius 2 is 2.40 bits per heavy atom. The van der Waals surface area contributed by atoms with Gasteiger partial charge in [-0.15, -0.1) is 0 Å². The van der Waals surface area contributed by atoms with Crippen molar-refractivity contribution in [2.75, 3.05) is 0 Å². The minimum Gasteiger partial charge on any atom is -0.302 e. The first-order valence-corrected chi connectivity index (χ1v) is 3.61.